The molecule has 1 rings (SSSR count). The fraction of sp³-hybridized carbons (Fsp3) is 0.500. The number of halogens is 3. The number of nitrogens with one attached hydrogen (secondary N) is 1. The highest BCUT2D eigenvalue weighted by Crippen LogP contribution is 2.22. The average Bonchev–Trinajstić information content (AvgIpc) is 2.44. The van der Waals surface area contributed by atoms with Crippen LogP contribution in [0.15, 0.2) is 30.3 Å². The molecular formula is C14H18BrF2NO2. The summed E-state index contributed by atoms with van der Waals surface area (Å²) >= 11 is 3.39. The molecule has 112 valence electrons. The molecule has 0 heterocycles. The molecule has 0 aliphatic carbocycles. The number of alkyl halides is 3. The summed E-state index contributed by atoms with van der Waals surface area (Å²) in [4.78, 5) is 11.8. The molecule has 20 heavy (non-hydrogen) atoms. The van der Waals surface area contributed by atoms with Crippen molar-refractivity contribution in [2.45, 2.75) is 25.3 Å². The first-order valence-corrected chi connectivity index (χ1v) is 7.38. The van der Waals surface area contributed by atoms with E-state index in [0.29, 0.717) is 5.33 Å². The highest BCUT2D eigenvalue weighted by Gasteiger charge is 2.26. The molecule has 1 aromatic rings. The zero-order valence-electron chi connectivity index (χ0n) is 11.2. The third-order valence-electron chi connectivity index (χ3n) is 2.81. The second kappa shape index (κ2) is 8.32. The van der Waals surface area contributed by atoms with Crippen molar-refractivity contribution in [1.82, 2.24) is 5.32 Å². The molecule has 1 aromatic carbocycles. The number of hydrogen-bond donors (Lipinski definition) is 1. The number of rotatable bonds is 8. The Bertz CT molecular complexity index is 417. The molecule has 1 atom stereocenters. The summed E-state index contributed by atoms with van der Waals surface area (Å²) in [7, 11) is 0. The topological polar surface area (TPSA) is 38.3 Å². The first kappa shape index (κ1) is 17.0. The highest BCUT2D eigenvalue weighted by molar-refractivity contribution is 9.09. The maximum Gasteiger partial charge on any atom is 0.261 e. The van der Waals surface area contributed by atoms with Gasteiger partial charge in [0.2, 0.25) is 5.91 Å². The molecule has 1 N–H and O–H groups in total. The lowest BCUT2D eigenvalue weighted by atomic mass is 9.94. The fourth-order valence-corrected chi connectivity index (χ4v) is 2.16. The minimum Gasteiger partial charge on any atom is -0.375 e. The number of ether oxygens (including phenoxy) is 1. The lowest BCUT2D eigenvalue weighted by Gasteiger charge is -2.29. The largest absolute Gasteiger partial charge is 0.375 e. The van der Waals surface area contributed by atoms with Gasteiger partial charge in [0.1, 0.15) is 6.61 Å². The predicted octanol–water partition coefficient (Wildman–Crippen LogP) is 3.08. The number of carbonyl (C=O) groups excluding carboxylic acids is 1. The van der Waals surface area contributed by atoms with E-state index in [9.17, 15) is 13.6 Å². The van der Waals surface area contributed by atoms with E-state index in [1.54, 1.807) is 0 Å². The molecule has 0 radical (unpaired) electrons. The zero-order chi connectivity index (χ0) is 15.0. The highest BCUT2D eigenvalue weighted by atomic mass is 79.9. The van der Waals surface area contributed by atoms with Crippen LogP contribution >= 0.6 is 15.9 Å². The van der Waals surface area contributed by atoms with E-state index in [1.807, 2.05) is 37.3 Å². The normalized spacial score (nSPS) is 14.1. The SMILES string of the molecule is CC(CBr)(NC(=O)CCOCC(F)F)c1ccccc1. The Hall–Kier alpha value is -1.01. The van der Waals surface area contributed by atoms with E-state index in [0.717, 1.165) is 5.56 Å². The molecule has 0 aliphatic rings. The lowest BCUT2D eigenvalue weighted by molar-refractivity contribution is -0.124. The van der Waals surface area contributed by atoms with Gasteiger partial charge in [-0.25, -0.2) is 8.78 Å². The van der Waals surface area contributed by atoms with Crippen LogP contribution in [0.25, 0.3) is 0 Å². The Kier molecular flexibility index (Phi) is 7.09. The summed E-state index contributed by atoms with van der Waals surface area (Å²) in [5, 5.41) is 3.44. The van der Waals surface area contributed by atoms with Crippen molar-refractivity contribution in [2.75, 3.05) is 18.5 Å². The van der Waals surface area contributed by atoms with Gasteiger partial charge in [-0.3, -0.25) is 4.79 Å². The van der Waals surface area contributed by atoms with E-state index in [-0.39, 0.29) is 18.9 Å². The van der Waals surface area contributed by atoms with Gasteiger partial charge in [0, 0.05) is 11.8 Å². The maximum absolute atomic E-state index is 11.9. The van der Waals surface area contributed by atoms with Crippen molar-refractivity contribution in [1.29, 1.82) is 0 Å². The zero-order valence-corrected chi connectivity index (χ0v) is 12.8. The van der Waals surface area contributed by atoms with Crippen LogP contribution in [-0.4, -0.2) is 30.9 Å². The molecule has 0 aliphatic heterocycles. The minimum atomic E-state index is -2.50. The summed E-state index contributed by atoms with van der Waals surface area (Å²) in [6.07, 6.45) is -2.45. The summed E-state index contributed by atoms with van der Waals surface area (Å²) in [5.41, 5.74) is 0.430. The van der Waals surface area contributed by atoms with Gasteiger partial charge < -0.3 is 10.1 Å². The van der Waals surface area contributed by atoms with Gasteiger partial charge in [-0.1, -0.05) is 46.3 Å². The Balaban J connectivity index is 2.49. The van der Waals surface area contributed by atoms with Crippen LogP contribution < -0.4 is 5.32 Å². The van der Waals surface area contributed by atoms with Crippen molar-refractivity contribution < 1.29 is 18.3 Å². The number of amides is 1. The average molecular weight is 350 g/mol. The first-order chi connectivity index (χ1) is 9.48. The number of carbonyl (C=O) groups is 1. The van der Waals surface area contributed by atoms with Gasteiger partial charge >= 0.3 is 0 Å². The van der Waals surface area contributed by atoms with Crippen molar-refractivity contribution >= 4 is 21.8 Å². The maximum atomic E-state index is 11.9. The van der Waals surface area contributed by atoms with Crippen LogP contribution in [0.1, 0.15) is 18.9 Å². The van der Waals surface area contributed by atoms with Gasteiger partial charge in [0.25, 0.3) is 6.43 Å². The third kappa shape index (κ3) is 5.54. The van der Waals surface area contributed by atoms with Crippen LogP contribution in [0.5, 0.6) is 0 Å². The first-order valence-electron chi connectivity index (χ1n) is 6.26. The second-order valence-corrected chi connectivity index (χ2v) is 5.16. The van der Waals surface area contributed by atoms with Gasteiger partial charge in [-0.15, -0.1) is 0 Å². The summed E-state index contributed by atoms with van der Waals surface area (Å²) in [6.45, 7) is 1.25. The van der Waals surface area contributed by atoms with Gasteiger partial charge in [-0.05, 0) is 12.5 Å². The lowest BCUT2D eigenvalue weighted by Crippen LogP contribution is -2.45. The van der Waals surface area contributed by atoms with E-state index in [1.165, 1.54) is 0 Å². The van der Waals surface area contributed by atoms with Gasteiger partial charge in [0.15, 0.2) is 0 Å². The van der Waals surface area contributed by atoms with Crippen molar-refractivity contribution in [2.24, 2.45) is 0 Å². The molecule has 0 aromatic heterocycles. The summed E-state index contributed by atoms with van der Waals surface area (Å²) < 4.78 is 28.4. The third-order valence-corrected chi connectivity index (χ3v) is 3.93. The summed E-state index contributed by atoms with van der Waals surface area (Å²) in [6, 6.07) is 9.55. The predicted molar refractivity (Wildman–Crippen MR) is 77.2 cm³/mol. The molecule has 1 amide bonds. The van der Waals surface area contributed by atoms with Gasteiger partial charge in [-0.2, -0.15) is 0 Å². The molecule has 3 nitrogen and oxygen atoms in total. The molecule has 0 fully saturated rings. The molecule has 0 bridgehead atoms. The van der Waals surface area contributed by atoms with Crippen molar-refractivity contribution in [3.63, 3.8) is 0 Å². The minimum absolute atomic E-state index is 0.0106. The van der Waals surface area contributed by atoms with E-state index in [4.69, 9.17) is 4.74 Å². The second-order valence-electron chi connectivity index (χ2n) is 4.60. The Morgan fingerprint density at radius 2 is 2.05 bits per heavy atom. The van der Waals surface area contributed by atoms with E-state index < -0.39 is 18.6 Å². The van der Waals surface area contributed by atoms with E-state index >= 15 is 0 Å². The Labute approximate surface area is 125 Å². The fourth-order valence-electron chi connectivity index (χ4n) is 1.70. The monoisotopic (exact) mass is 349 g/mol. The number of hydrogen-bond acceptors (Lipinski definition) is 2. The standard InChI is InChI=1S/C14H18BrF2NO2/c1-14(10-15,11-5-3-2-4-6-11)18-13(19)7-8-20-9-12(16)17/h2-6,12H,7-10H2,1H3,(H,18,19). The Morgan fingerprint density at radius 3 is 2.60 bits per heavy atom. The molecule has 0 spiro atoms. The van der Waals surface area contributed by atoms with E-state index in [2.05, 4.69) is 21.2 Å². The summed E-state index contributed by atoms with van der Waals surface area (Å²) in [5.74, 6) is -0.231. The van der Waals surface area contributed by atoms with Crippen molar-refractivity contribution in [3.05, 3.63) is 35.9 Å². The molecule has 1 unspecified atom stereocenters. The van der Waals surface area contributed by atoms with Crippen LogP contribution in [0.4, 0.5) is 8.78 Å². The van der Waals surface area contributed by atoms with Crippen LogP contribution in [-0.2, 0) is 15.1 Å². The molecular weight excluding hydrogens is 332 g/mol. The molecule has 6 heteroatoms. The van der Waals surface area contributed by atoms with Crippen molar-refractivity contribution in [3.8, 4) is 0 Å². The molecule has 0 saturated heterocycles. The van der Waals surface area contributed by atoms with Gasteiger partial charge in [0.05, 0.1) is 12.1 Å². The van der Waals surface area contributed by atoms with Crippen LogP contribution in [0, 0.1) is 0 Å². The number of benzene rings is 1. The van der Waals surface area contributed by atoms with Crippen LogP contribution in [0.2, 0.25) is 0 Å². The smallest absolute Gasteiger partial charge is 0.261 e. The Morgan fingerprint density at radius 1 is 1.40 bits per heavy atom. The molecule has 0 saturated carbocycles. The van der Waals surface area contributed by atoms with Crippen LogP contribution in [0.3, 0.4) is 0 Å². The quantitative estimate of drug-likeness (QED) is 0.578.